The van der Waals surface area contributed by atoms with E-state index in [4.69, 9.17) is 10.5 Å². The van der Waals surface area contributed by atoms with E-state index in [1.54, 1.807) is 0 Å². The molecule has 1 aliphatic heterocycles. The van der Waals surface area contributed by atoms with Crippen LogP contribution in [0.1, 0.15) is 24.8 Å². The summed E-state index contributed by atoms with van der Waals surface area (Å²) in [7, 11) is 2.01. The molecule has 0 radical (unpaired) electrons. The van der Waals surface area contributed by atoms with Crippen molar-refractivity contribution in [2.24, 2.45) is 18.7 Å². The Balaban J connectivity index is 0.00000225. The van der Waals surface area contributed by atoms with Crippen LogP contribution in [0.5, 0.6) is 0 Å². The first-order valence-corrected chi connectivity index (χ1v) is 8.81. The van der Waals surface area contributed by atoms with Crippen molar-refractivity contribution in [1.82, 2.24) is 9.88 Å². The van der Waals surface area contributed by atoms with Gasteiger partial charge in [0.2, 0.25) is 0 Å². The number of halogens is 1. The number of aromatic nitrogens is 1. The number of nitrogens with two attached hydrogens (primary N) is 1. The van der Waals surface area contributed by atoms with E-state index in [9.17, 15) is 4.79 Å². The van der Waals surface area contributed by atoms with Crippen LogP contribution in [-0.4, -0.2) is 36.3 Å². The minimum atomic E-state index is -0.608. The zero-order valence-corrected chi connectivity index (χ0v) is 15.6. The quantitative estimate of drug-likeness (QED) is 0.771. The van der Waals surface area contributed by atoms with E-state index in [1.165, 1.54) is 12.8 Å². The van der Waals surface area contributed by atoms with Gasteiger partial charge in [-0.3, -0.25) is 4.79 Å². The van der Waals surface area contributed by atoms with Crippen LogP contribution in [-0.2, 0) is 23.0 Å². The lowest BCUT2D eigenvalue weighted by Crippen LogP contribution is -2.35. The molecular weight excluding hydrogens is 338 g/mol. The zero-order chi connectivity index (χ0) is 16.9. The number of ether oxygens (including phenoxy) is 1. The second-order valence-electron chi connectivity index (χ2n) is 6.74. The summed E-state index contributed by atoms with van der Waals surface area (Å²) in [5, 5.41) is 4.50. The Morgan fingerprint density at radius 2 is 2.08 bits per heavy atom. The van der Waals surface area contributed by atoms with Crippen molar-refractivity contribution in [2.75, 3.05) is 19.7 Å². The number of hydrogen-bond donors (Lipinski definition) is 2. The molecule has 0 bridgehead atoms. The summed E-state index contributed by atoms with van der Waals surface area (Å²) in [6, 6.07) is 7.56. The van der Waals surface area contributed by atoms with Crippen molar-refractivity contribution in [1.29, 1.82) is 0 Å². The first kappa shape index (κ1) is 19.8. The molecule has 1 aromatic heterocycles. The summed E-state index contributed by atoms with van der Waals surface area (Å²) in [6.45, 7) is 2.62. The maximum Gasteiger partial charge on any atom is 0.323 e. The Labute approximate surface area is 155 Å². The maximum absolute atomic E-state index is 12.2. The number of aryl methyl sites for hydroxylation is 1. The minimum absolute atomic E-state index is 0. The molecule has 6 heteroatoms. The van der Waals surface area contributed by atoms with E-state index in [0.717, 1.165) is 36.0 Å². The van der Waals surface area contributed by atoms with E-state index in [1.807, 2.05) is 25.4 Å². The molecule has 1 aromatic carbocycles. The third-order valence-corrected chi connectivity index (χ3v) is 4.95. The summed E-state index contributed by atoms with van der Waals surface area (Å²) in [4.78, 5) is 12.2. The predicted octanol–water partition coefficient (Wildman–Crippen LogP) is 2.40. The molecule has 138 valence electrons. The lowest BCUT2D eigenvalue weighted by molar-refractivity contribution is -0.145. The van der Waals surface area contributed by atoms with Crippen molar-refractivity contribution >= 4 is 29.3 Å². The van der Waals surface area contributed by atoms with E-state index in [2.05, 4.69) is 22.0 Å². The van der Waals surface area contributed by atoms with Gasteiger partial charge in [-0.25, -0.2) is 0 Å². The number of piperidine rings is 1. The summed E-state index contributed by atoms with van der Waals surface area (Å²) < 4.78 is 7.48. The van der Waals surface area contributed by atoms with Crippen molar-refractivity contribution < 1.29 is 9.53 Å². The fraction of sp³-hybridized carbons (Fsp3) is 0.526. The van der Waals surface area contributed by atoms with Crippen molar-refractivity contribution in [3.05, 3.63) is 36.0 Å². The molecule has 0 aliphatic carbocycles. The van der Waals surface area contributed by atoms with E-state index >= 15 is 0 Å². The Bertz CT molecular complexity index is 695. The number of fused-ring (bicyclic) bond motifs is 1. The molecule has 1 saturated heterocycles. The lowest BCUT2D eigenvalue weighted by atomic mass is 9.95. The van der Waals surface area contributed by atoms with Crippen LogP contribution in [0.4, 0.5) is 0 Å². The maximum atomic E-state index is 12.2. The third-order valence-electron chi connectivity index (χ3n) is 4.95. The number of hydrogen-bond acceptors (Lipinski definition) is 4. The smallest absolute Gasteiger partial charge is 0.323 e. The standard InChI is InChI=1S/C19H27N3O2.ClH/c1-22-13-15(16-4-2-3-5-18(16)22)12-17(20)19(23)24-11-8-14-6-9-21-10-7-14;/h2-5,13-14,17,21H,6-12,20H2,1H3;1H/t17-;/m1./s1. The van der Waals surface area contributed by atoms with Crippen LogP contribution in [0, 0.1) is 5.92 Å². The lowest BCUT2D eigenvalue weighted by Gasteiger charge is -2.22. The second-order valence-corrected chi connectivity index (χ2v) is 6.74. The molecule has 5 nitrogen and oxygen atoms in total. The monoisotopic (exact) mass is 365 g/mol. The molecule has 3 rings (SSSR count). The van der Waals surface area contributed by atoms with Gasteiger partial charge >= 0.3 is 5.97 Å². The van der Waals surface area contributed by atoms with Gasteiger partial charge in [0.25, 0.3) is 0 Å². The van der Waals surface area contributed by atoms with Gasteiger partial charge in [0.1, 0.15) is 6.04 Å². The topological polar surface area (TPSA) is 69.3 Å². The molecule has 1 fully saturated rings. The Kier molecular flexibility index (Phi) is 7.29. The summed E-state index contributed by atoms with van der Waals surface area (Å²) >= 11 is 0. The number of nitrogens with one attached hydrogen (secondary N) is 1. The fourth-order valence-corrected chi connectivity index (χ4v) is 3.51. The number of rotatable bonds is 6. The molecule has 0 amide bonds. The molecule has 0 saturated carbocycles. The first-order valence-electron chi connectivity index (χ1n) is 8.81. The van der Waals surface area contributed by atoms with Crippen LogP contribution < -0.4 is 11.1 Å². The predicted molar refractivity (Wildman–Crippen MR) is 103 cm³/mol. The fourth-order valence-electron chi connectivity index (χ4n) is 3.51. The van der Waals surface area contributed by atoms with Crippen LogP contribution in [0.25, 0.3) is 10.9 Å². The Morgan fingerprint density at radius 3 is 2.84 bits per heavy atom. The highest BCUT2D eigenvalue weighted by Crippen LogP contribution is 2.21. The highest BCUT2D eigenvalue weighted by atomic mass is 35.5. The molecule has 1 aliphatic rings. The molecule has 0 spiro atoms. The van der Waals surface area contributed by atoms with Crippen LogP contribution in [0.15, 0.2) is 30.5 Å². The highest BCUT2D eigenvalue weighted by Gasteiger charge is 2.19. The molecule has 25 heavy (non-hydrogen) atoms. The molecule has 3 N–H and O–H groups in total. The van der Waals surface area contributed by atoms with Crippen LogP contribution in [0.2, 0.25) is 0 Å². The number of benzene rings is 1. The molecule has 1 atom stereocenters. The minimum Gasteiger partial charge on any atom is -0.465 e. The number of esters is 1. The van der Waals surface area contributed by atoms with Crippen molar-refractivity contribution in [3.63, 3.8) is 0 Å². The molecule has 2 aromatic rings. The molecular formula is C19H28ClN3O2. The number of carbonyl (C=O) groups is 1. The van der Waals surface area contributed by atoms with Gasteiger partial charge in [-0.05, 0) is 49.9 Å². The van der Waals surface area contributed by atoms with E-state index in [0.29, 0.717) is 18.9 Å². The van der Waals surface area contributed by atoms with Gasteiger partial charge in [-0.15, -0.1) is 12.4 Å². The normalized spacial score (nSPS) is 16.4. The van der Waals surface area contributed by atoms with Crippen molar-refractivity contribution in [3.8, 4) is 0 Å². The SMILES string of the molecule is Cl.Cn1cc(C[C@@H](N)C(=O)OCCC2CCNCC2)c2ccccc21. The average molecular weight is 366 g/mol. The number of carbonyl (C=O) groups excluding carboxylic acids is 1. The Morgan fingerprint density at radius 1 is 1.36 bits per heavy atom. The van der Waals surface area contributed by atoms with Gasteiger partial charge in [0.05, 0.1) is 6.61 Å². The van der Waals surface area contributed by atoms with Crippen LogP contribution in [0.3, 0.4) is 0 Å². The average Bonchev–Trinajstić information content (AvgIpc) is 2.92. The van der Waals surface area contributed by atoms with Crippen LogP contribution >= 0.6 is 12.4 Å². The van der Waals surface area contributed by atoms with Gasteiger partial charge in [-0.1, -0.05) is 18.2 Å². The third kappa shape index (κ3) is 4.97. The zero-order valence-electron chi connectivity index (χ0n) is 14.7. The summed E-state index contributed by atoms with van der Waals surface area (Å²) in [6.07, 6.45) is 5.83. The molecule has 0 unspecified atom stereocenters. The number of para-hydroxylation sites is 1. The van der Waals surface area contributed by atoms with Gasteiger partial charge in [0, 0.05) is 30.6 Å². The largest absolute Gasteiger partial charge is 0.465 e. The van der Waals surface area contributed by atoms with Gasteiger partial charge < -0.3 is 20.4 Å². The Hall–Kier alpha value is -1.56. The first-order chi connectivity index (χ1) is 11.6. The van der Waals surface area contributed by atoms with E-state index < -0.39 is 6.04 Å². The summed E-state index contributed by atoms with van der Waals surface area (Å²) in [5.41, 5.74) is 8.32. The van der Waals surface area contributed by atoms with Crippen molar-refractivity contribution in [2.45, 2.75) is 31.7 Å². The molecule has 2 heterocycles. The van der Waals surface area contributed by atoms with E-state index in [-0.39, 0.29) is 18.4 Å². The number of nitrogens with zero attached hydrogens (tertiary/aromatic N) is 1. The van der Waals surface area contributed by atoms with Gasteiger partial charge in [-0.2, -0.15) is 0 Å². The second kappa shape index (κ2) is 9.22. The van der Waals surface area contributed by atoms with Gasteiger partial charge in [0.15, 0.2) is 0 Å². The highest BCUT2D eigenvalue weighted by molar-refractivity contribution is 5.85. The summed E-state index contributed by atoms with van der Waals surface area (Å²) in [5.74, 6) is 0.366.